The van der Waals surface area contributed by atoms with Crippen LogP contribution in [0.3, 0.4) is 0 Å². The Balaban J connectivity index is 1.95. The van der Waals surface area contributed by atoms with Gasteiger partial charge in [-0.15, -0.1) is 0 Å². The molecule has 10 nitrogen and oxygen atoms in total. The molecule has 0 spiro atoms. The molecule has 1 fully saturated rings. The quantitative estimate of drug-likeness (QED) is 0.483. The summed E-state index contributed by atoms with van der Waals surface area (Å²) in [6.07, 6.45) is -2.98. The number of aromatic nitrogens is 2. The molecule has 1 saturated heterocycles. The van der Waals surface area contributed by atoms with Crippen LogP contribution < -0.4 is 5.73 Å². The molecule has 3 rings (SSSR count). The maximum Gasteiger partial charge on any atom is 0.165 e. The summed E-state index contributed by atoms with van der Waals surface area (Å²) in [4.78, 5) is 7.90. The third-order valence-electron chi connectivity index (χ3n) is 3.43. The topological polar surface area (TPSA) is 152 Å². The van der Waals surface area contributed by atoms with E-state index in [1.54, 1.807) is 0 Å². The van der Waals surface area contributed by atoms with E-state index in [1.165, 1.54) is 10.9 Å². The molecule has 1 aromatic heterocycles. The van der Waals surface area contributed by atoms with Crippen LogP contribution in [0, 0.1) is 5.21 Å². The van der Waals surface area contributed by atoms with E-state index in [4.69, 9.17) is 15.6 Å². The van der Waals surface area contributed by atoms with Crippen LogP contribution in [0.15, 0.2) is 11.3 Å². The summed E-state index contributed by atoms with van der Waals surface area (Å²) in [5, 5.41) is 40.6. The highest BCUT2D eigenvalue weighted by Gasteiger charge is 2.44. The van der Waals surface area contributed by atoms with Crippen LogP contribution in [0.1, 0.15) is 18.1 Å². The van der Waals surface area contributed by atoms with Crippen molar-refractivity contribution in [2.24, 2.45) is 10.7 Å². The minimum absolute atomic E-state index is 0.250. The van der Waals surface area contributed by atoms with Crippen molar-refractivity contribution in [1.29, 1.82) is 0 Å². The summed E-state index contributed by atoms with van der Waals surface area (Å²) >= 11 is 0. The van der Waals surface area contributed by atoms with Crippen molar-refractivity contribution in [3.05, 3.63) is 17.2 Å². The molecule has 0 radical (unpaired) electrons. The van der Waals surface area contributed by atoms with Crippen molar-refractivity contribution in [2.45, 2.75) is 30.7 Å². The number of aliphatic hydroxyl groups excluding tert-OH is 3. The number of rotatable bonds is 2. The Hall–Kier alpha value is -1.56. The molecule has 5 atom stereocenters. The number of aliphatic imine (C=N–C) groups is 1. The maximum absolute atomic E-state index is 11.3. The lowest BCUT2D eigenvalue weighted by atomic mass is 10.1. The van der Waals surface area contributed by atoms with E-state index in [0.29, 0.717) is 5.06 Å². The van der Waals surface area contributed by atoms with Crippen LogP contribution >= 0.6 is 0 Å². The van der Waals surface area contributed by atoms with E-state index in [0.717, 1.165) is 6.34 Å². The third-order valence-corrected chi connectivity index (χ3v) is 3.43. The second kappa shape index (κ2) is 4.77. The number of fused-ring (bicyclic) bond motifs is 1. The number of aliphatic hydroxyl groups is 3. The highest BCUT2D eigenvalue weighted by molar-refractivity contribution is 5.65. The Labute approximate surface area is 113 Å². The lowest BCUT2D eigenvalue weighted by molar-refractivity contribution is -0.0520. The molecule has 1 unspecified atom stereocenters. The summed E-state index contributed by atoms with van der Waals surface area (Å²) in [5.41, 5.74) is 5.92. The first-order valence-corrected chi connectivity index (χ1v) is 5.99. The van der Waals surface area contributed by atoms with Gasteiger partial charge < -0.3 is 36.1 Å². The van der Waals surface area contributed by atoms with Gasteiger partial charge in [-0.05, 0) is 0 Å². The Bertz CT molecular complexity index is 534. The SMILES string of the molecule is NC1c2ncn([C@@H]3O[C@H](CO)[C@@H](O)[C@H]3O)c2N=CN1[O-]. The number of hydrogen-bond donors (Lipinski definition) is 4. The maximum atomic E-state index is 11.3. The van der Waals surface area contributed by atoms with Crippen molar-refractivity contribution in [3.8, 4) is 0 Å². The zero-order valence-electron chi connectivity index (χ0n) is 10.3. The highest BCUT2D eigenvalue weighted by atomic mass is 16.6. The van der Waals surface area contributed by atoms with E-state index < -0.39 is 37.3 Å². The molecule has 0 amide bonds. The number of nitrogens with zero attached hydrogens (tertiary/aromatic N) is 4. The molecule has 0 saturated carbocycles. The van der Waals surface area contributed by atoms with Crippen molar-refractivity contribution < 1.29 is 20.1 Å². The molecule has 5 N–H and O–H groups in total. The average molecular weight is 284 g/mol. The molecule has 1 aromatic rings. The van der Waals surface area contributed by atoms with Crippen molar-refractivity contribution in [1.82, 2.24) is 14.6 Å². The molecule has 2 aliphatic heterocycles. The predicted molar refractivity (Wildman–Crippen MR) is 65.5 cm³/mol. The zero-order chi connectivity index (χ0) is 14.4. The molecule has 10 heteroatoms. The van der Waals surface area contributed by atoms with E-state index >= 15 is 0 Å². The average Bonchev–Trinajstić information content (AvgIpc) is 2.98. The molecule has 2 aliphatic rings. The fraction of sp³-hybridized carbons (Fsp3) is 0.600. The van der Waals surface area contributed by atoms with Gasteiger partial charge in [-0.3, -0.25) is 4.57 Å². The van der Waals surface area contributed by atoms with Crippen LogP contribution in [0.25, 0.3) is 0 Å². The van der Waals surface area contributed by atoms with Crippen molar-refractivity contribution in [3.63, 3.8) is 0 Å². The summed E-state index contributed by atoms with van der Waals surface area (Å²) in [6, 6.07) is 0. The second-order valence-corrected chi connectivity index (χ2v) is 4.64. The van der Waals surface area contributed by atoms with Gasteiger partial charge in [0, 0.05) is 0 Å². The third kappa shape index (κ3) is 1.82. The predicted octanol–water partition coefficient (Wildman–Crippen LogP) is -2.07. The fourth-order valence-corrected chi connectivity index (χ4v) is 2.31. The number of imidazole rings is 1. The number of hydroxylamine groups is 2. The summed E-state index contributed by atoms with van der Waals surface area (Å²) in [7, 11) is 0. The van der Waals surface area contributed by atoms with Gasteiger partial charge in [-0.2, -0.15) is 0 Å². The van der Waals surface area contributed by atoms with Crippen LogP contribution in [-0.2, 0) is 4.74 Å². The first-order chi connectivity index (χ1) is 9.54. The van der Waals surface area contributed by atoms with Crippen molar-refractivity contribution in [2.75, 3.05) is 6.61 Å². The van der Waals surface area contributed by atoms with Gasteiger partial charge in [0.2, 0.25) is 0 Å². The van der Waals surface area contributed by atoms with Crippen LogP contribution in [0.4, 0.5) is 5.82 Å². The van der Waals surface area contributed by atoms with Gasteiger partial charge in [0.05, 0.1) is 19.3 Å². The molecule has 0 aromatic carbocycles. The summed E-state index contributed by atoms with van der Waals surface area (Å²) in [6.45, 7) is -0.428. The van der Waals surface area contributed by atoms with Gasteiger partial charge >= 0.3 is 0 Å². The lowest BCUT2D eigenvalue weighted by Gasteiger charge is -2.34. The Morgan fingerprint density at radius 2 is 2.15 bits per heavy atom. The summed E-state index contributed by atoms with van der Waals surface area (Å²) in [5.74, 6) is 0.277. The molecule has 3 heterocycles. The molecule has 0 aliphatic carbocycles. The van der Waals surface area contributed by atoms with E-state index in [1.807, 2.05) is 0 Å². The first-order valence-electron chi connectivity index (χ1n) is 5.99. The zero-order valence-corrected chi connectivity index (χ0v) is 10.3. The minimum atomic E-state index is -1.25. The summed E-state index contributed by atoms with van der Waals surface area (Å²) < 4.78 is 6.75. The lowest BCUT2D eigenvalue weighted by Crippen LogP contribution is -2.33. The van der Waals surface area contributed by atoms with Crippen molar-refractivity contribution >= 4 is 12.2 Å². The molecule has 110 valence electrons. The standard InChI is InChI=1S/C10H14N5O5/c11-8-5-9(13-3-15(8)19)14(2-12-5)10-7(18)6(17)4(1-16)20-10/h2-4,6-8,10,16-18H,1,11H2/q-1/t4-,6-,7-,8?,10-/m1/s1. The molecule has 0 bridgehead atoms. The fourth-order valence-electron chi connectivity index (χ4n) is 2.31. The molecular weight excluding hydrogens is 270 g/mol. The first kappa shape index (κ1) is 13.4. The number of ether oxygens (including phenoxy) is 1. The van der Waals surface area contributed by atoms with E-state index in [9.17, 15) is 15.4 Å². The molecule has 20 heavy (non-hydrogen) atoms. The Kier molecular flexibility index (Phi) is 3.20. The van der Waals surface area contributed by atoms with Gasteiger partial charge in [0.15, 0.2) is 12.0 Å². The van der Waals surface area contributed by atoms with Crippen LogP contribution in [0.2, 0.25) is 0 Å². The van der Waals surface area contributed by atoms with Gasteiger partial charge in [-0.25, -0.2) is 9.98 Å². The minimum Gasteiger partial charge on any atom is -0.756 e. The Morgan fingerprint density at radius 3 is 2.80 bits per heavy atom. The van der Waals surface area contributed by atoms with Gasteiger partial charge in [-0.1, -0.05) is 0 Å². The molecular formula is C10H14N5O5-. The van der Waals surface area contributed by atoms with E-state index in [-0.39, 0.29) is 11.5 Å². The van der Waals surface area contributed by atoms with E-state index in [2.05, 4.69) is 9.98 Å². The van der Waals surface area contributed by atoms with Gasteiger partial charge in [0.1, 0.15) is 30.2 Å². The van der Waals surface area contributed by atoms with Crippen LogP contribution in [0.5, 0.6) is 0 Å². The van der Waals surface area contributed by atoms with Gasteiger partial charge in [0.25, 0.3) is 0 Å². The largest absolute Gasteiger partial charge is 0.756 e. The smallest absolute Gasteiger partial charge is 0.165 e. The highest BCUT2D eigenvalue weighted by Crippen LogP contribution is 2.36. The number of nitrogens with two attached hydrogens (primary N) is 1. The van der Waals surface area contributed by atoms with Crippen LogP contribution in [-0.4, -0.2) is 61.2 Å². The second-order valence-electron chi connectivity index (χ2n) is 4.64. The number of hydrogen-bond acceptors (Lipinski definition) is 9. The Morgan fingerprint density at radius 1 is 1.40 bits per heavy atom. The monoisotopic (exact) mass is 284 g/mol. The normalized spacial score (nSPS) is 36.5.